The molecule has 3 N–H and O–H groups in total. The molecular formula is C24H20BrCl2N3O5. The van der Waals surface area contributed by atoms with Gasteiger partial charge >= 0.3 is 5.97 Å². The number of allylic oxidation sites excluding steroid dienone is 2. The molecular weight excluding hydrogens is 561 g/mol. The fourth-order valence-corrected chi connectivity index (χ4v) is 4.41. The Hall–Kier alpha value is -3.19. The van der Waals surface area contributed by atoms with E-state index in [9.17, 15) is 14.9 Å². The molecule has 0 saturated carbocycles. The number of nitriles is 1. The van der Waals surface area contributed by atoms with Crippen molar-refractivity contribution in [2.24, 2.45) is 5.73 Å². The first-order valence-electron chi connectivity index (χ1n) is 10.3. The van der Waals surface area contributed by atoms with E-state index in [1.165, 1.54) is 0 Å². The third-order valence-electron chi connectivity index (χ3n) is 4.89. The Morgan fingerprint density at radius 1 is 1.23 bits per heavy atom. The predicted molar refractivity (Wildman–Crippen MR) is 135 cm³/mol. The molecule has 1 atom stereocenters. The maximum Gasteiger partial charge on any atom is 0.338 e. The Morgan fingerprint density at radius 3 is 2.54 bits per heavy atom. The fourth-order valence-electron chi connectivity index (χ4n) is 3.51. The molecule has 182 valence electrons. The highest BCUT2D eigenvalue weighted by molar-refractivity contribution is 9.10. The molecule has 8 nitrogen and oxygen atoms in total. The minimum absolute atomic E-state index is 0.0135. The number of nitrogens with one attached hydrogen (secondary N) is 1. The van der Waals surface area contributed by atoms with E-state index in [0.29, 0.717) is 25.8 Å². The zero-order valence-corrected chi connectivity index (χ0v) is 21.8. The van der Waals surface area contributed by atoms with Gasteiger partial charge in [0.15, 0.2) is 6.61 Å². The minimum atomic E-state index is -0.935. The Bertz CT molecular complexity index is 1270. The smallest absolute Gasteiger partial charge is 0.338 e. The lowest BCUT2D eigenvalue weighted by atomic mass is 9.82. The molecule has 0 fully saturated rings. The number of anilines is 1. The molecule has 3 rings (SSSR count). The second-order valence-electron chi connectivity index (χ2n) is 7.29. The Morgan fingerprint density at radius 2 is 1.91 bits per heavy atom. The van der Waals surface area contributed by atoms with Crippen LogP contribution in [0.25, 0.3) is 0 Å². The van der Waals surface area contributed by atoms with Gasteiger partial charge in [0.25, 0.3) is 5.91 Å². The van der Waals surface area contributed by atoms with Gasteiger partial charge in [-0.25, -0.2) is 4.79 Å². The second kappa shape index (κ2) is 11.5. The molecule has 2 aromatic carbocycles. The predicted octanol–water partition coefficient (Wildman–Crippen LogP) is 5.42. The third-order valence-corrected chi connectivity index (χ3v) is 5.82. The van der Waals surface area contributed by atoms with Crippen LogP contribution in [0.15, 0.2) is 63.7 Å². The van der Waals surface area contributed by atoms with E-state index in [4.69, 9.17) is 43.1 Å². The lowest BCUT2D eigenvalue weighted by Gasteiger charge is -2.28. The van der Waals surface area contributed by atoms with Crippen molar-refractivity contribution in [3.63, 3.8) is 0 Å². The molecule has 0 spiro atoms. The zero-order valence-electron chi connectivity index (χ0n) is 18.7. The summed E-state index contributed by atoms with van der Waals surface area (Å²) in [5, 5.41) is 13.2. The van der Waals surface area contributed by atoms with E-state index >= 15 is 0 Å². The molecule has 0 bridgehead atoms. The SMILES string of the molecule is CCOC(=O)C1=C(C)OC(N)=C(C#N)C1c1cc(Br)ccc1OCC(=O)Nc1cc(Cl)cc(Cl)c1. The highest BCUT2D eigenvalue weighted by Crippen LogP contribution is 2.44. The first kappa shape index (κ1) is 26.4. The van der Waals surface area contributed by atoms with Crippen molar-refractivity contribution in [3.05, 3.63) is 79.3 Å². The number of halogens is 3. The van der Waals surface area contributed by atoms with Crippen molar-refractivity contribution < 1.29 is 23.8 Å². The van der Waals surface area contributed by atoms with Gasteiger partial charge in [-0.2, -0.15) is 5.26 Å². The number of hydrogen-bond donors (Lipinski definition) is 2. The third kappa shape index (κ3) is 6.28. The van der Waals surface area contributed by atoms with Gasteiger partial charge < -0.3 is 25.3 Å². The summed E-state index contributed by atoms with van der Waals surface area (Å²) in [7, 11) is 0. The fraction of sp³-hybridized carbons (Fsp3) is 0.208. The quantitative estimate of drug-likeness (QED) is 0.419. The van der Waals surface area contributed by atoms with E-state index in [2.05, 4.69) is 21.2 Å². The van der Waals surface area contributed by atoms with Crippen LogP contribution in [-0.4, -0.2) is 25.1 Å². The standard InChI is InChI=1S/C24H20BrCl2N3O5/c1-3-33-24(32)21-12(2)35-23(29)18(10-28)22(21)17-6-13(25)4-5-19(17)34-11-20(31)30-16-8-14(26)7-15(27)9-16/h4-9,22H,3,11,29H2,1-2H3,(H,30,31). The lowest BCUT2D eigenvalue weighted by molar-refractivity contribution is -0.139. The molecule has 0 saturated heterocycles. The first-order chi connectivity index (χ1) is 16.6. The normalized spacial score (nSPS) is 15.3. The summed E-state index contributed by atoms with van der Waals surface area (Å²) in [5.41, 5.74) is 6.92. The highest BCUT2D eigenvalue weighted by atomic mass is 79.9. The van der Waals surface area contributed by atoms with Crippen LogP contribution in [0.2, 0.25) is 10.0 Å². The van der Waals surface area contributed by atoms with Gasteiger partial charge in [0.1, 0.15) is 23.2 Å². The first-order valence-corrected chi connectivity index (χ1v) is 11.8. The van der Waals surface area contributed by atoms with Crippen LogP contribution < -0.4 is 15.8 Å². The molecule has 0 aliphatic carbocycles. The summed E-state index contributed by atoms with van der Waals surface area (Å²) in [6, 6.07) is 11.6. The Labute approximate surface area is 220 Å². The van der Waals surface area contributed by atoms with Gasteiger partial charge in [-0.3, -0.25) is 4.79 Å². The largest absolute Gasteiger partial charge is 0.483 e. The van der Waals surface area contributed by atoms with Gasteiger partial charge in [0.05, 0.1) is 18.1 Å². The zero-order chi connectivity index (χ0) is 25.7. The summed E-state index contributed by atoms with van der Waals surface area (Å²) < 4.78 is 17.1. The van der Waals surface area contributed by atoms with Gasteiger partial charge in [0, 0.05) is 25.8 Å². The van der Waals surface area contributed by atoms with Crippen molar-refractivity contribution in [1.29, 1.82) is 5.26 Å². The monoisotopic (exact) mass is 579 g/mol. The number of nitrogens with two attached hydrogens (primary N) is 1. The number of hydrogen-bond acceptors (Lipinski definition) is 7. The van der Waals surface area contributed by atoms with E-state index in [-0.39, 0.29) is 41.8 Å². The van der Waals surface area contributed by atoms with Crippen molar-refractivity contribution in [1.82, 2.24) is 0 Å². The molecule has 1 aliphatic rings. The maximum atomic E-state index is 12.8. The van der Waals surface area contributed by atoms with Gasteiger partial charge in [-0.1, -0.05) is 39.1 Å². The van der Waals surface area contributed by atoms with Crippen LogP contribution >= 0.6 is 39.1 Å². The number of carbonyl (C=O) groups is 2. The molecule has 1 amide bonds. The molecule has 35 heavy (non-hydrogen) atoms. The van der Waals surface area contributed by atoms with E-state index < -0.39 is 17.8 Å². The number of carbonyl (C=O) groups excluding carboxylic acids is 2. The lowest BCUT2D eigenvalue weighted by Crippen LogP contribution is -2.26. The number of benzene rings is 2. The van der Waals surface area contributed by atoms with Crippen LogP contribution in [0.3, 0.4) is 0 Å². The van der Waals surface area contributed by atoms with Crippen LogP contribution in [0.4, 0.5) is 5.69 Å². The number of amides is 1. The van der Waals surface area contributed by atoms with Crippen LogP contribution in [0.5, 0.6) is 5.75 Å². The molecule has 0 aromatic heterocycles. The molecule has 11 heteroatoms. The average Bonchev–Trinajstić information content (AvgIpc) is 2.77. The molecule has 2 aromatic rings. The summed E-state index contributed by atoms with van der Waals surface area (Å²) in [6.07, 6.45) is 0. The number of rotatable bonds is 7. The average molecular weight is 581 g/mol. The second-order valence-corrected chi connectivity index (χ2v) is 9.08. The van der Waals surface area contributed by atoms with E-state index in [1.807, 2.05) is 6.07 Å². The molecule has 0 radical (unpaired) electrons. The van der Waals surface area contributed by atoms with Crippen LogP contribution in [0.1, 0.15) is 25.3 Å². The van der Waals surface area contributed by atoms with Gasteiger partial charge in [-0.05, 0) is 50.2 Å². The number of ether oxygens (including phenoxy) is 3. The van der Waals surface area contributed by atoms with Crippen molar-refractivity contribution in [2.75, 3.05) is 18.5 Å². The summed E-state index contributed by atoms with van der Waals surface area (Å²) in [5.74, 6) is -1.74. The van der Waals surface area contributed by atoms with E-state index in [1.54, 1.807) is 50.2 Å². The number of esters is 1. The Balaban J connectivity index is 1.95. The topological polar surface area (TPSA) is 124 Å². The highest BCUT2D eigenvalue weighted by Gasteiger charge is 2.38. The van der Waals surface area contributed by atoms with Gasteiger partial charge in [0.2, 0.25) is 5.88 Å². The Kier molecular flexibility index (Phi) is 8.67. The summed E-state index contributed by atoms with van der Waals surface area (Å²) >= 11 is 15.4. The molecule has 1 heterocycles. The van der Waals surface area contributed by atoms with Gasteiger partial charge in [-0.15, -0.1) is 0 Å². The van der Waals surface area contributed by atoms with Crippen molar-refractivity contribution >= 4 is 56.7 Å². The summed E-state index contributed by atoms with van der Waals surface area (Å²) in [6.45, 7) is 2.98. The minimum Gasteiger partial charge on any atom is -0.483 e. The van der Waals surface area contributed by atoms with Crippen molar-refractivity contribution in [3.8, 4) is 11.8 Å². The molecule has 1 unspecified atom stereocenters. The van der Waals surface area contributed by atoms with Crippen LogP contribution in [0, 0.1) is 11.3 Å². The van der Waals surface area contributed by atoms with E-state index in [0.717, 1.165) is 0 Å². The summed E-state index contributed by atoms with van der Waals surface area (Å²) in [4.78, 5) is 25.3. The number of nitrogens with zero attached hydrogens (tertiary/aromatic N) is 1. The van der Waals surface area contributed by atoms with Crippen molar-refractivity contribution in [2.45, 2.75) is 19.8 Å². The maximum absolute atomic E-state index is 12.8. The molecule has 1 aliphatic heterocycles. The van der Waals surface area contributed by atoms with Crippen LogP contribution in [-0.2, 0) is 19.1 Å².